The van der Waals surface area contributed by atoms with E-state index in [0.29, 0.717) is 23.0 Å². The van der Waals surface area contributed by atoms with Gasteiger partial charge in [-0.1, -0.05) is 17.8 Å². The predicted molar refractivity (Wildman–Crippen MR) is 85.0 cm³/mol. The van der Waals surface area contributed by atoms with E-state index in [9.17, 15) is 19.7 Å². The third-order valence-corrected chi connectivity index (χ3v) is 4.45. The molecule has 0 spiro atoms. The summed E-state index contributed by atoms with van der Waals surface area (Å²) in [6, 6.07) is 4.16. The largest absolute Gasteiger partial charge is 0.321 e. The number of carbonyl (C=O) groups is 1. The number of nitrogens with zero attached hydrogens (tertiary/aromatic N) is 3. The lowest BCUT2D eigenvalue weighted by Gasteiger charge is -2.09. The molecule has 23 heavy (non-hydrogen) atoms. The van der Waals surface area contributed by atoms with Gasteiger partial charge >= 0.3 is 0 Å². The number of fused-ring (bicyclic) bond motifs is 1. The van der Waals surface area contributed by atoms with E-state index in [2.05, 4.69) is 10.3 Å². The first-order valence-electron chi connectivity index (χ1n) is 6.76. The number of aryl methyl sites for hydroxylation is 1. The van der Waals surface area contributed by atoms with Crippen molar-refractivity contribution in [3.8, 4) is 0 Å². The fraction of sp³-hybridized carbons (Fsp3) is 0.214. The van der Waals surface area contributed by atoms with Crippen molar-refractivity contribution < 1.29 is 9.72 Å². The highest BCUT2D eigenvalue weighted by atomic mass is 32.2. The number of nitro groups is 1. The van der Waals surface area contributed by atoms with Crippen LogP contribution in [0.4, 0.5) is 11.4 Å². The van der Waals surface area contributed by atoms with Crippen LogP contribution in [0, 0.1) is 17.0 Å². The van der Waals surface area contributed by atoms with Crippen molar-refractivity contribution >= 4 is 29.0 Å². The fourth-order valence-corrected chi connectivity index (χ4v) is 3.13. The van der Waals surface area contributed by atoms with E-state index in [0.717, 1.165) is 5.75 Å². The number of thioether (sulfide) groups is 1. The number of nitro benzene ring substituents is 1. The van der Waals surface area contributed by atoms with Gasteiger partial charge in [-0.25, -0.2) is 4.98 Å². The zero-order valence-corrected chi connectivity index (χ0v) is 12.9. The van der Waals surface area contributed by atoms with Crippen molar-refractivity contribution in [2.24, 2.45) is 0 Å². The summed E-state index contributed by atoms with van der Waals surface area (Å²) in [7, 11) is 0. The molecule has 9 heteroatoms. The maximum absolute atomic E-state index is 12.3. The quantitative estimate of drug-likeness (QED) is 0.522. The average molecular weight is 332 g/mol. The predicted octanol–water partition coefficient (Wildman–Crippen LogP) is 1.82. The number of nitrogens with one attached hydrogen (secondary N) is 1. The molecule has 0 bridgehead atoms. The van der Waals surface area contributed by atoms with Crippen LogP contribution >= 0.6 is 11.8 Å². The molecule has 0 saturated heterocycles. The summed E-state index contributed by atoms with van der Waals surface area (Å²) in [5.41, 5.74) is 0.339. The number of hydrogen-bond acceptors (Lipinski definition) is 6. The first-order chi connectivity index (χ1) is 11.0. The maximum atomic E-state index is 12.3. The van der Waals surface area contributed by atoms with Crippen LogP contribution in [0.1, 0.15) is 15.9 Å². The Kier molecular flexibility index (Phi) is 3.87. The molecule has 0 fully saturated rings. The van der Waals surface area contributed by atoms with Gasteiger partial charge in [0.15, 0.2) is 5.16 Å². The smallest absolute Gasteiger partial charge is 0.271 e. The summed E-state index contributed by atoms with van der Waals surface area (Å²) in [6.07, 6.45) is 1.24. The number of benzene rings is 1. The van der Waals surface area contributed by atoms with Crippen LogP contribution in [0.2, 0.25) is 0 Å². The minimum Gasteiger partial charge on any atom is -0.321 e. The van der Waals surface area contributed by atoms with Gasteiger partial charge in [0.05, 0.1) is 10.6 Å². The van der Waals surface area contributed by atoms with E-state index in [-0.39, 0.29) is 11.3 Å². The Morgan fingerprint density at radius 2 is 2.26 bits per heavy atom. The molecule has 0 aliphatic carbocycles. The molecule has 0 saturated carbocycles. The van der Waals surface area contributed by atoms with Crippen LogP contribution in [-0.2, 0) is 6.54 Å². The molecular formula is C14H12N4O4S. The molecule has 2 heterocycles. The van der Waals surface area contributed by atoms with Gasteiger partial charge in [0.2, 0.25) is 0 Å². The summed E-state index contributed by atoms with van der Waals surface area (Å²) in [4.78, 5) is 39.0. The summed E-state index contributed by atoms with van der Waals surface area (Å²) < 4.78 is 1.46. The lowest BCUT2D eigenvalue weighted by molar-refractivity contribution is -0.384. The van der Waals surface area contributed by atoms with Gasteiger partial charge in [-0.3, -0.25) is 24.3 Å². The first-order valence-corrected chi connectivity index (χ1v) is 7.75. The van der Waals surface area contributed by atoms with Gasteiger partial charge in [-0.15, -0.1) is 0 Å². The molecule has 1 aliphatic rings. The van der Waals surface area contributed by atoms with Crippen LogP contribution < -0.4 is 10.9 Å². The Balaban J connectivity index is 1.93. The van der Waals surface area contributed by atoms with Gasteiger partial charge in [-0.05, 0) is 12.5 Å². The normalized spacial score (nSPS) is 12.7. The summed E-state index contributed by atoms with van der Waals surface area (Å²) in [5.74, 6) is 0.121. The number of anilines is 1. The lowest BCUT2D eigenvalue weighted by Crippen LogP contribution is -2.29. The molecule has 0 unspecified atom stereocenters. The molecule has 1 aromatic heterocycles. The van der Waals surface area contributed by atoms with Gasteiger partial charge in [0.1, 0.15) is 5.56 Å². The second kappa shape index (κ2) is 5.84. The van der Waals surface area contributed by atoms with Gasteiger partial charge in [0, 0.05) is 30.6 Å². The topological polar surface area (TPSA) is 107 Å². The molecule has 2 aromatic rings. The van der Waals surface area contributed by atoms with E-state index in [1.807, 2.05) is 0 Å². The summed E-state index contributed by atoms with van der Waals surface area (Å²) in [5, 5.41) is 14.0. The van der Waals surface area contributed by atoms with Gasteiger partial charge in [0.25, 0.3) is 17.2 Å². The van der Waals surface area contributed by atoms with Gasteiger partial charge in [-0.2, -0.15) is 0 Å². The summed E-state index contributed by atoms with van der Waals surface area (Å²) in [6.45, 7) is 2.23. The van der Waals surface area contributed by atoms with E-state index in [4.69, 9.17) is 0 Å². The Labute approximate surface area is 134 Å². The maximum Gasteiger partial charge on any atom is 0.271 e. The van der Waals surface area contributed by atoms with Crippen molar-refractivity contribution in [2.45, 2.75) is 18.6 Å². The first kappa shape index (κ1) is 15.2. The fourth-order valence-electron chi connectivity index (χ4n) is 2.22. The zero-order chi connectivity index (χ0) is 16.6. The average Bonchev–Trinajstić information content (AvgIpc) is 2.99. The third kappa shape index (κ3) is 2.82. The third-order valence-electron chi connectivity index (χ3n) is 3.48. The molecule has 1 N–H and O–H groups in total. The minimum atomic E-state index is -0.627. The molecule has 8 nitrogen and oxygen atoms in total. The van der Waals surface area contributed by atoms with Crippen LogP contribution in [0.5, 0.6) is 0 Å². The molecule has 0 radical (unpaired) electrons. The van der Waals surface area contributed by atoms with E-state index >= 15 is 0 Å². The van der Waals surface area contributed by atoms with Crippen molar-refractivity contribution in [1.29, 1.82) is 0 Å². The second-order valence-electron chi connectivity index (χ2n) is 4.97. The number of aromatic nitrogens is 2. The Morgan fingerprint density at radius 3 is 3.00 bits per heavy atom. The molecule has 1 amide bonds. The molecule has 1 aliphatic heterocycles. The van der Waals surface area contributed by atoms with Crippen LogP contribution in [0.15, 0.2) is 34.3 Å². The van der Waals surface area contributed by atoms with E-state index in [1.54, 1.807) is 6.92 Å². The standard InChI is InChI=1S/C14H12N4O4S/c1-8-2-3-9(18(21)22)6-11(8)16-12(19)10-7-15-14-17(13(10)20)4-5-23-14/h2-3,6-7H,4-5H2,1H3,(H,16,19). The second-order valence-corrected chi connectivity index (χ2v) is 6.03. The molecular weight excluding hydrogens is 320 g/mol. The highest BCUT2D eigenvalue weighted by Crippen LogP contribution is 2.23. The number of amides is 1. The molecule has 118 valence electrons. The van der Waals surface area contributed by atoms with Gasteiger partial charge < -0.3 is 5.32 Å². The highest BCUT2D eigenvalue weighted by Gasteiger charge is 2.21. The Morgan fingerprint density at radius 1 is 1.48 bits per heavy atom. The number of hydrogen-bond donors (Lipinski definition) is 1. The molecule has 1 aromatic carbocycles. The van der Waals surface area contributed by atoms with E-state index < -0.39 is 16.4 Å². The number of rotatable bonds is 3. The van der Waals surface area contributed by atoms with Crippen molar-refractivity contribution in [2.75, 3.05) is 11.1 Å². The molecule has 0 atom stereocenters. The zero-order valence-electron chi connectivity index (χ0n) is 12.1. The Hall–Kier alpha value is -2.68. The SMILES string of the molecule is Cc1ccc([N+](=O)[O-])cc1NC(=O)c1cnc2n(c1=O)CCS2. The number of non-ortho nitro benzene ring substituents is 1. The van der Waals surface area contributed by atoms with Crippen LogP contribution in [0.3, 0.4) is 0 Å². The minimum absolute atomic E-state index is 0.0813. The molecule has 3 rings (SSSR count). The monoisotopic (exact) mass is 332 g/mol. The lowest BCUT2D eigenvalue weighted by atomic mass is 10.1. The van der Waals surface area contributed by atoms with Crippen molar-refractivity contribution in [3.05, 3.63) is 56.0 Å². The highest BCUT2D eigenvalue weighted by molar-refractivity contribution is 7.99. The van der Waals surface area contributed by atoms with Crippen molar-refractivity contribution in [3.63, 3.8) is 0 Å². The summed E-state index contributed by atoms with van der Waals surface area (Å²) >= 11 is 1.46. The van der Waals surface area contributed by atoms with Crippen LogP contribution in [-0.4, -0.2) is 26.1 Å². The van der Waals surface area contributed by atoms with E-state index in [1.165, 1.54) is 40.7 Å². The number of carbonyl (C=O) groups excluding carboxylic acids is 1. The Bertz CT molecular complexity index is 878. The van der Waals surface area contributed by atoms with Crippen LogP contribution in [0.25, 0.3) is 0 Å². The van der Waals surface area contributed by atoms with Crippen molar-refractivity contribution in [1.82, 2.24) is 9.55 Å².